The Morgan fingerprint density at radius 3 is 2.64 bits per heavy atom. The fourth-order valence-corrected chi connectivity index (χ4v) is 4.93. The number of fused-ring (bicyclic) bond motifs is 1. The third kappa shape index (κ3) is 5.26. The lowest BCUT2D eigenvalue weighted by Crippen LogP contribution is -2.44. The maximum absolute atomic E-state index is 12.9. The molecule has 36 heavy (non-hydrogen) atoms. The smallest absolute Gasteiger partial charge is 0.329 e. The van der Waals surface area contributed by atoms with Crippen molar-refractivity contribution >= 4 is 39.9 Å². The molecular formula is C25H28N4O6S. The van der Waals surface area contributed by atoms with E-state index in [1.807, 2.05) is 24.3 Å². The molecule has 2 unspecified atom stereocenters. The highest BCUT2D eigenvalue weighted by molar-refractivity contribution is 7.83. The number of carbonyl (C=O) groups excluding carboxylic acids is 2. The minimum Gasteiger partial charge on any atom is -0.497 e. The first-order valence-electron chi connectivity index (χ1n) is 11.4. The van der Waals surface area contributed by atoms with Crippen molar-refractivity contribution in [3.05, 3.63) is 64.1 Å². The fourth-order valence-electron chi connectivity index (χ4n) is 4.22. The van der Waals surface area contributed by atoms with Gasteiger partial charge in [-0.25, -0.2) is 13.7 Å². The number of rotatable bonds is 9. The third-order valence-electron chi connectivity index (χ3n) is 6.10. The van der Waals surface area contributed by atoms with Gasteiger partial charge >= 0.3 is 5.69 Å². The number of hydrogen-bond acceptors (Lipinski definition) is 6. The first-order chi connectivity index (χ1) is 17.3. The maximum atomic E-state index is 12.9. The van der Waals surface area contributed by atoms with Gasteiger partial charge in [-0.15, -0.1) is 0 Å². The largest absolute Gasteiger partial charge is 0.497 e. The van der Waals surface area contributed by atoms with E-state index in [-0.39, 0.29) is 30.2 Å². The average molecular weight is 513 g/mol. The molecule has 1 fully saturated rings. The summed E-state index contributed by atoms with van der Waals surface area (Å²) in [7, 11) is 3.49. The van der Waals surface area contributed by atoms with Crippen LogP contribution in [0.4, 0.5) is 0 Å². The van der Waals surface area contributed by atoms with E-state index < -0.39 is 22.9 Å². The molecule has 0 spiro atoms. The van der Waals surface area contributed by atoms with Crippen LogP contribution < -0.4 is 25.2 Å². The van der Waals surface area contributed by atoms with Crippen molar-refractivity contribution in [2.24, 2.45) is 7.05 Å². The second-order valence-corrected chi connectivity index (χ2v) is 9.65. The van der Waals surface area contributed by atoms with E-state index >= 15 is 0 Å². The van der Waals surface area contributed by atoms with Crippen molar-refractivity contribution in [3.63, 3.8) is 0 Å². The zero-order valence-electron chi connectivity index (χ0n) is 20.3. The van der Waals surface area contributed by atoms with Crippen LogP contribution in [0.2, 0.25) is 0 Å². The molecule has 190 valence electrons. The predicted molar refractivity (Wildman–Crippen MR) is 137 cm³/mol. The normalized spacial score (nSPS) is 16.9. The summed E-state index contributed by atoms with van der Waals surface area (Å²) in [6.07, 6.45) is 4.10. The summed E-state index contributed by atoms with van der Waals surface area (Å²) in [5.41, 5.74) is 2.62. The van der Waals surface area contributed by atoms with Crippen LogP contribution in [0.1, 0.15) is 30.0 Å². The summed E-state index contributed by atoms with van der Waals surface area (Å²) in [4.78, 5) is 36.7. The number of nitrogens with zero attached hydrogens (tertiary/aromatic N) is 2. The van der Waals surface area contributed by atoms with Crippen molar-refractivity contribution in [1.29, 1.82) is 0 Å². The summed E-state index contributed by atoms with van der Waals surface area (Å²) < 4.78 is 29.0. The third-order valence-corrected chi connectivity index (χ3v) is 7.07. The molecule has 1 aliphatic rings. The Hall–Kier alpha value is -3.70. The number of benzene rings is 2. The van der Waals surface area contributed by atoms with Gasteiger partial charge in [0.1, 0.15) is 17.5 Å². The fraction of sp³-hybridized carbons (Fsp3) is 0.320. The number of amides is 2. The topological polar surface area (TPSA) is 121 Å². The van der Waals surface area contributed by atoms with E-state index in [1.165, 1.54) is 9.13 Å². The molecule has 10 nitrogen and oxygen atoms in total. The molecule has 1 aromatic heterocycles. The van der Waals surface area contributed by atoms with Crippen molar-refractivity contribution in [1.82, 2.24) is 19.2 Å². The monoisotopic (exact) mass is 512 g/mol. The van der Waals surface area contributed by atoms with Crippen LogP contribution in [-0.4, -0.2) is 45.1 Å². The summed E-state index contributed by atoms with van der Waals surface area (Å²) in [6, 6.07) is 10.2. The van der Waals surface area contributed by atoms with Gasteiger partial charge in [0.25, 0.3) is 0 Å². The molecule has 0 aliphatic carbocycles. The second-order valence-electron chi connectivity index (χ2n) is 8.34. The number of imide groups is 1. The van der Waals surface area contributed by atoms with Gasteiger partial charge in [-0.3, -0.25) is 24.0 Å². The Kier molecular flexibility index (Phi) is 7.70. The van der Waals surface area contributed by atoms with Crippen LogP contribution >= 0.6 is 0 Å². The summed E-state index contributed by atoms with van der Waals surface area (Å²) in [5.74, 6) is 0.854. The average Bonchev–Trinajstić information content (AvgIpc) is 3.12. The van der Waals surface area contributed by atoms with Crippen molar-refractivity contribution in [2.75, 3.05) is 20.0 Å². The standard InChI is InChI=1S/C25H28N4O6S/c1-28-21-13-16(6-8-19(21)29(25(28)32)20-9-11-23(30)27-24(20)31)5-4-12-36(33)26-15-17-14-18(34-2)7-10-22(17)35-3/h4-8,10,13-14,20,26H,9,11-12,15H2,1-3H3,(H,27,30,31)/b5-4+. The lowest BCUT2D eigenvalue weighted by molar-refractivity contribution is -0.135. The maximum Gasteiger partial charge on any atom is 0.329 e. The number of ether oxygens (including phenoxy) is 2. The van der Waals surface area contributed by atoms with Gasteiger partial charge in [0.05, 0.1) is 42.0 Å². The Morgan fingerprint density at radius 1 is 1.11 bits per heavy atom. The van der Waals surface area contributed by atoms with Crippen LogP contribution in [0.3, 0.4) is 0 Å². The van der Waals surface area contributed by atoms with Gasteiger partial charge in [-0.05, 0) is 42.3 Å². The van der Waals surface area contributed by atoms with Crippen LogP contribution in [-0.2, 0) is 34.2 Å². The number of hydrogen-bond donors (Lipinski definition) is 2. The molecule has 3 aromatic rings. The molecule has 11 heteroatoms. The quantitative estimate of drug-likeness (QED) is 0.422. The zero-order valence-corrected chi connectivity index (χ0v) is 21.1. The van der Waals surface area contributed by atoms with Crippen LogP contribution in [0.15, 0.2) is 47.3 Å². The number of carbonyl (C=O) groups is 2. The van der Waals surface area contributed by atoms with Gasteiger partial charge in [0, 0.05) is 25.6 Å². The van der Waals surface area contributed by atoms with E-state index in [0.29, 0.717) is 29.1 Å². The van der Waals surface area contributed by atoms with Gasteiger partial charge in [-0.2, -0.15) is 0 Å². The molecule has 0 radical (unpaired) electrons. The Bertz CT molecular complexity index is 1420. The molecule has 2 aromatic carbocycles. The molecule has 2 heterocycles. The lowest BCUT2D eigenvalue weighted by Gasteiger charge is -2.21. The highest BCUT2D eigenvalue weighted by Crippen LogP contribution is 2.25. The van der Waals surface area contributed by atoms with Crippen LogP contribution in [0.25, 0.3) is 17.1 Å². The number of imidazole rings is 1. The molecule has 0 bridgehead atoms. The van der Waals surface area contributed by atoms with Gasteiger partial charge in [0.15, 0.2) is 0 Å². The number of aryl methyl sites for hydroxylation is 1. The van der Waals surface area contributed by atoms with Crippen molar-refractivity contribution in [3.8, 4) is 11.5 Å². The van der Waals surface area contributed by atoms with Gasteiger partial charge in [-0.1, -0.05) is 18.2 Å². The number of methoxy groups -OCH3 is 2. The molecule has 1 aliphatic heterocycles. The molecule has 1 saturated heterocycles. The van der Waals surface area contributed by atoms with E-state index in [1.54, 1.807) is 45.5 Å². The SMILES string of the molecule is COc1ccc(OC)c(CNS(=O)C/C=C/c2ccc3c(c2)n(C)c(=O)n3C2CCC(=O)NC2=O)c1. The highest BCUT2D eigenvalue weighted by Gasteiger charge is 2.31. The second kappa shape index (κ2) is 10.9. The van der Waals surface area contributed by atoms with Crippen LogP contribution in [0, 0.1) is 0 Å². The molecule has 0 saturated carbocycles. The Morgan fingerprint density at radius 2 is 1.92 bits per heavy atom. The van der Waals surface area contributed by atoms with Crippen molar-refractivity contribution in [2.45, 2.75) is 25.4 Å². The predicted octanol–water partition coefficient (Wildman–Crippen LogP) is 1.80. The molecule has 2 N–H and O–H groups in total. The van der Waals surface area contributed by atoms with Gasteiger partial charge < -0.3 is 9.47 Å². The van der Waals surface area contributed by atoms with E-state index in [0.717, 1.165) is 11.1 Å². The summed E-state index contributed by atoms with van der Waals surface area (Å²) >= 11 is 0. The Labute approximate surface area is 210 Å². The first kappa shape index (κ1) is 25.4. The summed E-state index contributed by atoms with van der Waals surface area (Å²) in [5, 5.41) is 2.31. The van der Waals surface area contributed by atoms with Gasteiger partial charge in [0.2, 0.25) is 11.8 Å². The minimum atomic E-state index is -1.32. The number of aromatic nitrogens is 2. The van der Waals surface area contributed by atoms with E-state index in [2.05, 4.69) is 10.0 Å². The minimum absolute atomic E-state index is 0.190. The number of nitrogens with one attached hydrogen (secondary N) is 2. The molecule has 4 rings (SSSR count). The lowest BCUT2D eigenvalue weighted by atomic mass is 10.1. The molecular weight excluding hydrogens is 484 g/mol. The number of piperidine rings is 1. The summed E-state index contributed by atoms with van der Waals surface area (Å²) in [6.45, 7) is 0.350. The Balaban J connectivity index is 1.44. The zero-order chi connectivity index (χ0) is 25.8. The van der Waals surface area contributed by atoms with E-state index in [9.17, 15) is 18.6 Å². The highest BCUT2D eigenvalue weighted by atomic mass is 32.2. The first-order valence-corrected chi connectivity index (χ1v) is 12.7. The van der Waals surface area contributed by atoms with E-state index in [4.69, 9.17) is 9.47 Å². The molecule has 2 atom stereocenters. The molecule has 2 amide bonds. The van der Waals surface area contributed by atoms with Crippen molar-refractivity contribution < 1.29 is 23.3 Å². The van der Waals surface area contributed by atoms with Crippen LogP contribution in [0.5, 0.6) is 11.5 Å².